The van der Waals surface area contributed by atoms with Crippen molar-refractivity contribution in [1.82, 2.24) is 4.90 Å². The Morgan fingerprint density at radius 3 is 2.36 bits per heavy atom. The van der Waals surface area contributed by atoms with Gasteiger partial charge in [0, 0.05) is 19.0 Å². The van der Waals surface area contributed by atoms with Gasteiger partial charge in [0.1, 0.15) is 5.60 Å². The Kier molecular flexibility index (Phi) is 5.71. The molecule has 22 heavy (non-hydrogen) atoms. The van der Waals surface area contributed by atoms with Gasteiger partial charge in [-0.25, -0.2) is 4.79 Å². The van der Waals surface area contributed by atoms with Crippen LogP contribution in [0.15, 0.2) is 0 Å². The number of halogens is 3. The minimum absolute atomic E-state index is 0.0995. The van der Waals surface area contributed by atoms with Crippen LogP contribution in [-0.2, 0) is 19.0 Å². The Hall–Kier alpha value is -1.03. The van der Waals surface area contributed by atoms with E-state index in [2.05, 4.69) is 4.18 Å². The lowest BCUT2D eigenvalue weighted by Crippen LogP contribution is -2.44. The Labute approximate surface area is 127 Å². The monoisotopic (exact) mass is 347 g/mol. The van der Waals surface area contributed by atoms with Crippen molar-refractivity contribution in [1.29, 1.82) is 0 Å². The fourth-order valence-corrected chi connectivity index (χ4v) is 2.45. The van der Waals surface area contributed by atoms with Gasteiger partial charge >= 0.3 is 21.7 Å². The third kappa shape index (κ3) is 5.64. The first-order valence-corrected chi connectivity index (χ1v) is 8.16. The zero-order valence-corrected chi connectivity index (χ0v) is 13.5. The van der Waals surface area contributed by atoms with Gasteiger partial charge in [0.2, 0.25) is 0 Å². The molecule has 6 nitrogen and oxygen atoms in total. The standard InChI is InChI=1S/C12H20F3NO5S/c1-11(2,3)21-10(17)16-6-4-5-9(7-16)8-20-22(18,19)12(13,14)15/h9H,4-8H2,1-3H3/t9-/m0/s1. The maximum atomic E-state index is 12.2. The molecule has 1 aliphatic rings. The predicted octanol–water partition coefficient (Wildman–Crippen LogP) is 2.50. The number of piperidine rings is 1. The van der Waals surface area contributed by atoms with Crippen molar-refractivity contribution < 1.29 is 35.3 Å². The van der Waals surface area contributed by atoms with E-state index in [1.54, 1.807) is 20.8 Å². The summed E-state index contributed by atoms with van der Waals surface area (Å²) in [6.45, 7) is 5.00. The van der Waals surface area contributed by atoms with Crippen LogP contribution in [0.5, 0.6) is 0 Å². The molecule has 1 rings (SSSR count). The van der Waals surface area contributed by atoms with E-state index in [1.165, 1.54) is 4.90 Å². The first-order chi connectivity index (χ1) is 9.82. The maximum Gasteiger partial charge on any atom is 0.523 e. The summed E-state index contributed by atoms with van der Waals surface area (Å²) in [5, 5.41) is 0. The molecule has 1 heterocycles. The van der Waals surface area contributed by atoms with Crippen LogP contribution in [-0.4, -0.2) is 50.2 Å². The molecule has 0 aromatic carbocycles. The number of hydrogen-bond acceptors (Lipinski definition) is 5. The zero-order valence-electron chi connectivity index (χ0n) is 12.6. The SMILES string of the molecule is CC(C)(C)OC(=O)N1CCC[C@H](COS(=O)(=O)C(F)(F)F)C1. The van der Waals surface area contributed by atoms with Crippen LogP contribution in [0.25, 0.3) is 0 Å². The molecule has 0 radical (unpaired) electrons. The minimum Gasteiger partial charge on any atom is -0.444 e. The molecule has 0 saturated carbocycles. The number of carbonyl (C=O) groups is 1. The van der Waals surface area contributed by atoms with Crippen molar-refractivity contribution in [2.24, 2.45) is 5.92 Å². The van der Waals surface area contributed by atoms with Crippen molar-refractivity contribution >= 4 is 16.2 Å². The third-order valence-electron chi connectivity index (χ3n) is 2.91. The van der Waals surface area contributed by atoms with E-state index in [0.717, 1.165) is 0 Å². The van der Waals surface area contributed by atoms with Gasteiger partial charge in [-0.3, -0.25) is 4.18 Å². The van der Waals surface area contributed by atoms with Crippen LogP contribution in [0, 0.1) is 5.92 Å². The molecule has 1 aliphatic heterocycles. The van der Waals surface area contributed by atoms with Gasteiger partial charge in [-0.1, -0.05) is 0 Å². The minimum atomic E-state index is -5.60. The Morgan fingerprint density at radius 1 is 1.27 bits per heavy atom. The number of hydrogen-bond donors (Lipinski definition) is 0. The highest BCUT2D eigenvalue weighted by molar-refractivity contribution is 7.87. The second-order valence-corrected chi connectivity index (χ2v) is 7.73. The molecule has 1 amide bonds. The largest absolute Gasteiger partial charge is 0.523 e. The van der Waals surface area contributed by atoms with E-state index >= 15 is 0 Å². The van der Waals surface area contributed by atoms with Crippen LogP contribution in [0.4, 0.5) is 18.0 Å². The molecule has 0 aromatic heterocycles. The van der Waals surface area contributed by atoms with E-state index < -0.39 is 39.8 Å². The number of ether oxygens (including phenoxy) is 1. The van der Waals surface area contributed by atoms with E-state index in [4.69, 9.17) is 4.74 Å². The highest BCUT2D eigenvalue weighted by Gasteiger charge is 2.47. The fraction of sp³-hybridized carbons (Fsp3) is 0.917. The number of carbonyl (C=O) groups excluding carboxylic acids is 1. The number of likely N-dealkylation sites (tertiary alicyclic amines) is 1. The van der Waals surface area contributed by atoms with Gasteiger partial charge in [0.25, 0.3) is 0 Å². The number of nitrogens with zero attached hydrogens (tertiary/aromatic N) is 1. The van der Waals surface area contributed by atoms with Crippen molar-refractivity contribution in [3.8, 4) is 0 Å². The number of alkyl halides is 3. The highest BCUT2D eigenvalue weighted by atomic mass is 32.2. The molecule has 130 valence electrons. The topological polar surface area (TPSA) is 72.9 Å². The number of amides is 1. The van der Waals surface area contributed by atoms with Crippen LogP contribution >= 0.6 is 0 Å². The first-order valence-electron chi connectivity index (χ1n) is 6.75. The van der Waals surface area contributed by atoms with Gasteiger partial charge in [-0.2, -0.15) is 21.6 Å². The molecule has 0 N–H and O–H groups in total. The molecule has 1 saturated heterocycles. The van der Waals surface area contributed by atoms with Crippen LogP contribution < -0.4 is 0 Å². The summed E-state index contributed by atoms with van der Waals surface area (Å²) in [4.78, 5) is 13.2. The van der Waals surface area contributed by atoms with Crippen LogP contribution in [0.1, 0.15) is 33.6 Å². The van der Waals surface area contributed by atoms with E-state index in [0.29, 0.717) is 19.4 Å². The fourth-order valence-electron chi connectivity index (χ4n) is 1.95. The smallest absolute Gasteiger partial charge is 0.444 e. The van der Waals surface area contributed by atoms with Crippen molar-refractivity contribution in [3.05, 3.63) is 0 Å². The molecular weight excluding hydrogens is 327 g/mol. The summed E-state index contributed by atoms with van der Waals surface area (Å²) in [5.74, 6) is -0.488. The molecule has 1 atom stereocenters. The highest BCUT2D eigenvalue weighted by Crippen LogP contribution is 2.26. The van der Waals surface area contributed by atoms with E-state index in [-0.39, 0.29) is 6.54 Å². The van der Waals surface area contributed by atoms with E-state index in [1.807, 2.05) is 0 Å². The van der Waals surface area contributed by atoms with Gasteiger partial charge < -0.3 is 9.64 Å². The normalized spacial score (nSPS) is 20.8. The third-order valence-corrected chi connectivity index (χ3v) is 3.93. The summed E-state index contributed by atoms with van der Waals surface area (Å²) in [6, 6.07) is 0. The quantitative estimate of drug-likeness (QED) is 0.579. The molecule has 0 aliphatic carbocycles. The molecule has 0 aromatic rings. The lowest BCUT2D eigenvalue weighted by Gasteiger charge is -2.33. The van der Waals surface area contributed by atoms with Crippen molar-refractivity contribution in [3.63, 3.8) is 0 Å². The molecule has 0 bridgehead atoms. The summed E-state index contributed by atoms with van der Waals surface area (Å²) >= 11 is 0. The average molecular weight is 347 g/mol. The van der Waals surface area contributed by atoms with Crippen LogP contribution in [0.2, 0.25) is 0 Å². The van der Waals surface area contributed by atoms with Crippen molar-refractivity contribution in [2.45, 2.75) is 44.7 Å². The maximum absolute atomic E-state index is 12.2. The Bertz CT molecular complexity index is 498. The Balaban J connectivity index is 2.56. The second-order valence-electron chi connectivity index (χ2n) is 6.12. The summed E-state index contributed by atoms with van der Waals surface area (Å²) < 4.78 is 67.4. The molecule has 10 heteroatoms. The van der Waals surface area contributed by atoms with Crippen LogP contribution in [0.3, 0.4) is 0 Å². The first kappa shape index (κ1) is 19.0. The average Bonchev–Trinajstić information content (AvgIpc) is 2.33. The zero-order chi connectivity index (χ0) is 17.2. The van der Waals surface area contributed by atoms with Gasteiger partial charge in [0.05, 0.1) is 6.61 Å². The Morgan fingerprint density at radius 2 is 1.86 bits per heavy atom. The van der Waals surface area contributed by atoms with E-state index in [9.17, 15) is 26.4 Å². The summed E-state index contributed by atoms with van der Waals surface area (Å²) in [5.41, 5.74) is -6.12. The van der Waals surface area contributed by atoms with Crippen molar-refractivity contribution in [2.75, 3.05) is 19.7 Å². The van der Waals surface area contributed by atoms with Gasteiger partial charge in [-0.05, 0) is 33.6 Å². The van der Waals surface area contributed by atoms with Gasteiger partial charge in [-0.15, -0.1) is 0 Å². The number of rotatable bonds is 3. The summed E-state index contributed by atoms with van der Waals surface area (Å²) in [7, 11) is -5.60. The molecule has 1 fully saturated rings. The lowest BCUT2D eigenvalue weighted by molar-refractivity contribution is -0.0558. The lowest BCUT2D eigenvalue weighted by atomic mass is 9.99. The van der Waals surface area contributed by atoms with Gasteiger partial charge in [0.15, 0.2) is 0 Å². The predicted molar refractivity (Wildman–Crippen MR) is 71.5 cm³/mol. The molecule has 0 spiro atoms. The molecular formula is C12H20F3NO5S. The second kappa shape index (κ2) is 6.61. The summed E-state index contributed by atoms with van der Waals surface area (Å²) in [6.07, 6.45) is 0.447. The molecule has 0 unspecified atom stereocenters.